The number of methoxy groups -OCH3 is 1. The molecule has 0 saturated heterocycles. The smallest absolute Gasteiger partial charge is 0.261 e. The van der Waals surface area contributed by atoms with Gasteiger partial charge in [0.2, 0.25) is 0 Å². The SMILES string of the molecule is COC1CC(F)(c2ccc(S(=O)(=O)Cl)cc2)C1. The molecule has 1 saturated carbocycles. The molecule has 1 aliphatic carbocycles. The topological polar surface area (TPSA) is 43.4 Å². The van der Waals surface area contributed by atoms with Crippen LogP contribution in [0.5, 0.6) is 0 Å². The van der Waals surface area contributed by atoms with E-state index in [1.807, 2.05) is 0 Å². The maximum atomic E-state index is 14.2. The molecule has 0 radical (unpaired) electrons. The van der Waals surface area contributed by atoms with E-state index in [-0.39, 0.29) is 11.0 Å². The minimum absolute atomic E-state index is 0.0193. The van der Waals surface area contributed by atoms with Crippen molar-refractivity contribution >= 4 is 19.7 Å². The monoisotopic (exact) mass is 278 g/mol. The molecule has 0 N–H and O–H groups in total. The summed E-state index contributed by atoms with van der Waals surface area (Å²) in [6, 6.07) is 5.56. The summed E-state index contributed by atoms with van der Waals surface area (Å²) in [4.78, 5) is -0.0193. The molecule has 94 valence electrons. The molecule has 1 aliphatic rings. The zero-order valence-corrected chi connectivity index (χ0v) is 10.8. The Balaban J connectivity index is 2.20. The van der Waals surface area contributed by atoms with Gasteiger partial charge in [-0.05, 0) is 17.7 Å². The van der Waals surface area contributed by atoms with E-state index in [2.05, 4.69) is 0 Å². The fourth-order valence-electron chi connectivity index (χ4n) is 1.98. The Morgan fingerprint density at radius 2 is 1.88 bits per heavy atom. The van der Waals surface area contributed by atoms with E-state index in [1.165, 1.54) is 24.3 Å². The first-order valence-corrected chi connectivity index (χ1v) is 7.43. The van der Waals surface area contributed by atoms with Gasteiger partial charge in [0.15, 0.2) is 0 Å². The number of ether oxygens (including phenoxy) is 1. The largest absolute Gasteiger partial charge is 0.381 e. The Morgan fingerprint density at radius 1 is 1.35 bits per heavy atom. The second kappa shape index (κ2) is 4.23. The molecule has 6 heteroatoms. The van der Waals surface area contributed by atoms with E-state index in [9.17, 15) is 12.8 Å². The summed E-state index contributed by atoms with van der Waals surface area (Å²) in [7, 11) is 2.98. The lowest BCUT2D eigenvalue weighted by atomic mass is 9.74. The summed E-state index contributed by atoms with van der Waals surface area (Å²) in [5.41, 5.74) is -0.940. The van der Waals surface area contributed by atoms with Gasteiger partial charge in [0.25, 0.3) is 9.05 Å². The highest BCUT2D eigenvalue weighted by molar-refractivity contribution is 8.13. The van der Waals surface area contributed by atoms with Gasteiger partial charge in [0.05, 0.1) is 11.0 Å². The third-order valence-electron chi connectivity index (χ3n) is 3.09. The van der Waals surface area contributed by atoms with Crippen LogP contribution in [0.2, 0.25) is 0 Å². The van der Waals surface area contributed by atoms with Crippen molar-refractivity contribution in [3.63, 3.8) is 0 Å². The second-order valence-corrected chi connectivity index (χ2v) is 6.76. The highest BCUT2D eigenvalue weighted by Crippen LogP contribution is 2.46. The molecule has 0 heterocycles. The van der Waals surface area contributed by atoms with Crippen molar-refractivity contribution in [3.8, 4) is 0 Å². The zero-order chi connectivity index (χ0) is 12.7. The lowest BCUT2D eigenvalue weighted by Gasteiger charge is -2.40. The van der Waals surface area contributed by atoms with Gasteiger partial charge in [0, 0.05) is 30.6 Å². The number of hydrogen-bond donors (Lipinski definition) is 0. The maximum Gasteiger partial charge on any atom is 0.261 e. The molecule has 17 heavy (non-hydrogen) atoms. The standard InChI is InChI=1S/C11H12ClFO3S/c1-16-9-6-11(13,7-9)8-2-4-10(5-3-8)17(12,14)15/h2-5,9H,6-7H2,1H3. The van der Waals surface area contributed by atoms with Gasteiger partial charge in [-0.2, -0.15) is 0 Å². The predicted octanol–water partition coefficient (Wildman–Crippen LogP) is 2.59. The van der Waals surface area contributed by atoms with Gasteiger partial charge >= 0.3 is 0 Å². The lowest BCUT2D eigenvalue weighted by Crippen LogP contribution is -2.42. The maximum absolute atomic E-state index is 14.2. The van der Waals surface area contributed by atoms with E-state index in [0.29, 0.717) is 18.4 Å². The first-order chi connectivity index (χ1) is 7.85. The summed E-state index contributed by atoms with van der Waals surface area (Å²) in [5, 5.41) is 0. The predicted molar refractivity (Wildman–Crippen MR) is 62.3 cm³/mol. The van der Waals surface area contributed by atoms with Crippen molar-refractivity contribution in [2.75, 3.05) is 7.11 Å². The van der Waals surface area contributed by atoms with Crippen LogP contribution in [-0.2, 0) is 19.5 Å². The van der Waals surface area contributed by atoms with E-state index < -0.39 is 14.7 Å². The third-order valence-corrected chi connectivity index (χ3v) is 4.46. The van der Waals surface area contributed by atoms with Crippen molar-refractivity contribution in [2.45, 2.75) is 29.5 Å². The van der Waals surface area contributed by atoms with Gasteiger partial charge in [0.1, 0.15) is 5.67 Å². The molecule has 1 fully saturated rings. The van der Waals surface area contributed by atoms with Crippen LogP contribution in [0.15, 0.2) is 29.2 Å². The number of alkyl halides is 1. The van der Waals surface area contributed by atoms with Crippen LogP contribution >= 0.6 is 10.7 Å². The van der Waals surface area contributed by atoms with Crippen LogP contribution in [-0.4, -0.2) is 21.6 Å². The number of benzene rings is 1. The first kappa shape index (κ1) is 12.8. The van der Waals surface area contributed by atoms with Crippen molar-refractivity contribution in [1.29, 1.82) is 0 Å². The Labute approximate surface area is 104 Å². The minimum Gasteiger partial charge on any atom is -0.381 e. The van der Waals surface area contributed by atoms with Gasteiger partial charge in [-0.1, -0.05) is 12.1 Å². The fourth-order valence-corrected chi connectivity index (χ4v) is 2.75. The van der Waals surface area contributed by atoms with Crippen LogP contribution in [0.4, 0.5) is 4.39 Å². The van der Waals surface area contributed by atoms with Crippen molar-refractivity contribution in [1.82, 2.24) is 0 Å². The number of rotatable bonds is 3. The first-order valence-electron chi connectivity index (χ1n) is 5.12. The molecule has 1 aromatic rings. The summed E-state index contributed by atoms with van der Waals surface area (Å²) < 4.78 is 41.3. The second-order valence-electron chi connectivity index (χ2n) is 4.19. The molecule has 0 amide bonds. The normalized spacial score (nSPS) is 28.8. The quantitative estimate of drug-likeness (QED) is 0.798. The van der Waals surface area contributed by atoms with Gasteiger partial charge in [-0.15, -0.1) is 0 Å². The van der Waals surface area contributed by atoms with Crippen molar-refractivity contribution < 1.29 is 17.5 Å². The third kappa shape index (κ3) is 2.46. The average molecular weight is 279 g/mol. The van der Waals surface area contributed by atoms with Gasteiger partial charge in [-0.3, -0.25) is 0 Å². The van der Waals surface area contributed by atoms with Crippen LogP contribution in [0, 0.1) is 0 Å². The van der Waals surface area contributed by atoms with Crippen LogP contribution in [0.1, 0.15) is 18.4 Å². The Kier molecular flexibility index (Phi) is 3.18. The summed E-state index contributed by atoms with van der Waals surface area (Å²) in [5.74, 6) is 0. The molecule has 0 spiro atoms. The van der Waals surface area contributed by atoms with E-state index in [1.54, 1.807) is 7.11 Å². The fraction of sp³-hybridized carbons (Fsp3) is 0.455. The van der Waals surface area contributed by atoms with Gasteiger partial charge < -0.3 is 4.74 Å². The Morgan fingerprint density at radius 3 is 2.29 bits per heavy atom. The Hall–Kier alpha value is -0.650. The summed E-state index contributed by atoms with van der Waals surface area (Å²) in [6.07, 6.45) is 0.545. The molecule has 3 nitrogen and oxygen atoms in total. The molecule has 1 aromatic carbocycles. The highest BCUT2D eigenvalue weighted by atomic mass is 35.7. The molecular weight excluding hydrogens is 267 g/mol. The summed E-state index contributed by atoms with van der Waals surface area (Å²) in [6.45, 7) is 0. The molecule has 0 bridgehead atoms. The Bertz CT molecular complexity index is 506. The number of hydrogen-bond acceptors (Lipinski definition) is 3. The highest BCUT2D eigenvalue weighted by Gasteiger charge is 2.46. The number of halogens is 2. The van der Waals surface area contributed by atoms with Crippen molar-refractivity contribution in [3.05, 3.63) is 29.8 Å². The van der Waals surface area contributed by atoms with E-state index >= 15 is 0 Å². The molecule has 0 unspecified atom stereocenters. The molecule has 0 aliphatic heterocycles. The average Bonchev–Trinajstić information content (AvgIpc) is 2.23. The summed E-state index contributed by atoms with van der Waals surface area (Å²) >= 11 is 0. The van der Waals surface area contributed by atoms with E-state index in [0.717, 1.165) is 0 Å². The molecule has 0 aromatic heterocycles. The molecule has 2 rings (SSSR count). The zero-order valence-electron chi connectivity index (χ0n) is 9.19. The lowest BCUT2D eigenvalue weighted by molar-refractivity contribution is -0.0822. The van der Waals surface area contributed by atoms with Crippen LogP contribution in [0.25, 0.3) is 0 Å². The van der Waals surface area contributed by atoms with Crippen molar-refractivity contribution in [2.24, 2.45) is 0 Å². The molecular formula is C11H12ClFO3S. The minimum atomic E-state index is -3.74. The van der Waals surface area contributed by atoms with Crippen LogP contribution in [0.3, 0.4) is 0 Å². The molecule has 0 atom stereocenters. The van der Waals surface area contributed by atoms with Crippen LogP contribution < -0.4 is 0 Å². The van der Waals surface area contributed by atoms with E-state index in [4.69, 9.17) is 15.4 Å². The van der Waals surface area contributed by atoms with Gasteiger partial charge in [-0.25, -0.2) is 12.8 Å².